The Kier molecular flexibility index (Phi) is 9.83. The number of methoxy groups -OCH3 is 1. The number of carbonyl (C=O) groups is 3. The topological polar surface area (TPSA) is 143 Å². The number of carbonyl (C=O) groups excluding carboxylic acids is 2. The lowest BCUT2D eigenvalue weighted by Crippen LogP contribution is -2.55. The normalized spacial score (nSPS) is 23.1. The number of pyridine rings is 1. The standard InChI is InChI=1S/C32H38ClN5O6S/c1-18(2)23-17-45-29(35-23)22-15-25(20-10-11-24(43-4)26(33)27(20)34-22)44-14-12-21-28(39)37-32(30(40)41)16-19(32)9-7-5-6-8-13-38(3)31(42)36-21/h7,9-11,15,17-19,21H,5-6,8,12-14,16H2,1-4H3,(H,36,42)(H,37,39)(H,40,41)/b9-7+. The van der Waals surface area contributed by atoms with E-state index in [4.69, 9.17) is 31.0 Å². The molecule has 2 aromatic heterocycles. The van der Waals surface area contributed by atoms with Crippen molar-refractivity contribution in [3.05, 3.63) is 46.4 Å². The van der Waals surface area contributed by atoms with Gasteiger partial charge < -0.3 is 30.1 Å². The Labute approximate surface area is 271 Å². The van der Waals surface area contributed by atoms with Crippen molar-refractivity contribution in [3.8, 4) is 22.2 Å². The van der Waals surface area contributed by atoms with E-state index < -0.39 is 29.5 Å². The third-order valence-corrected chi connectivity index (χ3v) is 9.50. The van der Waals surface area contributed by atoms with Crippen molar-refractivity contribution in [3.63, 3.8) is 0 Å². The van der Waals surface area contributed by atoms with Gasteiger partial charge in [-0.25, -0.2) is 19.6 Å². The van der Waals surface area contributed by atoms with Crippen molar-refractivity contribution in [2.75, 3.05) is 27.3 Å². The number of aliphatic carboxylic acids is 1. The number of fused-ring (bicyclic) bond motifs is 2. The lowest BCUT2D eigenvalue weighted by atomic mass is 10.1. The van der Waals surface area contributed by atoms with Crippen molar-refractivity contribution in [2.45, 2.75) is 63.5 Å². The van der Waals surface area contributed by atoms with E-state index in [0.29, 0.717) is 51.1 Å². The molecular weight excluding hydrogens is 618 g/mol. The van der Waals surface area contributed by atoms with Crippen LogP contribution in [0.25, 0.3) is 21.6 Å². The molecule has 11 nitrogen and oxygen atoms in total. The summed E-state index contributed by atoms with van der Waals surface area (Å²) in [5.41, 5.74) is 0.615. The van der Waals surface area contributed by atoms with Crippen molar-refractivity contribution >= 4 is 51.7 Å². The summed E-state index contributed by atoms with van der Waals surface area (Å²) in [6.07, 6.45) is 6.64. The minimum atomic E-state index is -1.39. The molecule has 1 aromatic carbocycles. The number of urea groups is 1. The predicted molar refractivity (Wildman–Crippen MR) is 173 cm³/mol. The second-order valence-electron chi connectivity index (χ2n) is 11.8. The van der Waals surface area contributed by atoms with E-state index in [1.807, 2.05) is 17.5 Å². The molecule has 5 rings (SSSR count). The van der Waals surface area contributed by atoms with Crippen LogP contribution < -0.4 is 20.1 Å². The van der Waals surface area contributed by atoms with Gasteiger partial charge in [-0.15, -0.1) is 11.3 Å². The van der Waals surface area contributed by atoms with Crippen molar-refractivity contribution in [2.24, 2.45) is 5.92 Å². The number of nitrogens with one attached hydrogen (secondary N) is 2. The smallest absolute Gasteiger partial charge is 0.330 e. The number of aromatic nitrogens is 2. The molecule has 0 saturated heterocycles. The number of hydrogen-bond acceptors (Lipinski definition) is 8. The summed E-state index contributed by atoms with van der Waals surface area (Å²) < 4.78 is 11.7. The summed E-state index contributed by atoms with van der Waals surface area (Å²) >= 11 is 8.15. The van der Waals surface area contributed by atoms with Crippen LogP contribution in [0, 0.1) is 5.92 Å². The molecule has 3 heterocycles. The van der Waals surface area contributed by atoms with E-state index in [0.717, 1.165) is 25.0 Å². The second-order valence-corrected chi connectivity index (χ2v) is 13.0. The van der Waals surface area contributed by atoms with Crippen LogP contribution >= 0.6 is 22.9 Å². The number of benzene rings is 1. The molecule has 1 saturated carbocycles. The van der Waals surface area contributed by atoms with Gasteiger partial charge in [0.15, 0.2) is 0 Å². The number of carboxylic acids is 1. The largest absolute Gasteiger partial charge is 0.495 e. The fraction of sp³-hybridized carbons (Fsp3) is 0.469. The molecule has 240 valence electrons. The van der Waals surface area contributed by atoms with Crippen LogP contribution in [0.1, 0.15) is 57.6 Å². The van der Waals surface area contributed by atoms with Gasteiger partial charge in [-0.1, -0.05) is 37.6 Å². The summed E-state index contributed by atoms with van der Waals surface area (Å²) in [5.74, 6) is -0.792. The lowest BCUT2D eigenvalue weighted by molar-refractivity contribution is -0.143. The van der Waals surface area contributed by atoms with E-state index in [1.54, 1.807) is 25.2 Å². The summed E-state index contributed by atoms with van der Waals surface area (Å²) in [5, 5.41) is 19.2. The zero-order chi connectivity index (χ0) is 32.3. The van der Waals surface area contributed by atoms with Gasteiger partial charge in [-0.05, 0) is 43.7 Å². The highest BCUT2D eigenvalue weighted by molar-refractivity contribution is 7.13. The van der Waals surface area contributed by atoms with Crippen LogP contribution in [0.2, 0.25) is 5.02 Å². The molecule has 3 atom stereocenters. The number of hydrogen-bond donors (Lipinski definition) is 3. The molecule has 3 amide bonds. The number of halogens is 1. The zero-order valence-electron chi connectivity index (χ0n) is 25.8. The number of ether oxygens (including phenoxy) is 2. The van der Waals surface area contributed by atoms with Gasteiger partial charge in [0.25, 0.3) is 0 Å². The van der Waals surface area contributed by atoms with Crippen LogP contribution in [0.5, 0.6) is 11.5 Å². The average molecular weight is 656 g/mol. The monoisotopic (exact) mass is 655 g/mol. The number of nitrogens with zero attached hydrogens (tertiary/aromatic N) is 3. The Morgan fingerprint density at radius 3 is 2.76 bits per heavy atom. The molecule has 3 unspecified atom stereocenters. The summed E-state index contributed by atoms with van der Waals surface area (Å²) in [6.45, 7) is 4.69. The van der Waals surface area contributed by atoms with Gasteiger partial charge in [-0.2, -0.15) is 0 Å². The number of carboxylic acid groups (broad SMARTS) is 1. The minimum Gasteiger partial charge on any atom is -0.495 e. The predicted octanol–water partition coefficient (Wildman–Crippen LogP) is 5.62. The molecular formula is C32H38ClN5O6S. The van der Waals surface area contributed by atoms with E-state index in [9.17, 15) is 19.5 Å². The van der Waals surface area contributed by atoms with Gasteiger partial charge in [0.2, 0.25) is 5.91 Å². The van der Waals surface area contributed by atoms with Gasteiger partial charge in [0.05, 0.1) is 24.9 Å². The Morgan fingerprint density at radius 1 is 1.24 bits per heavy atom. The van der Waals surface area contributed by atoms with E-state index >= 15 is 0 Å². The van der Waals surface area contributed by atoms with E-state index in [-0.39, 0.29) is 24.9 Å². The number of amides is 3. The third-order valence-electron chi connectivity index (χ3n) is 8.25. The first-order valence-corrected chi connectivity index (χ1v) is 16.3. The minimum absolute atomic E-state index is 0.0306. The summed E-state index contributed by atoms with van der Waals surface area (Å²) in [7, 11) is 3.20. The van der Waals surface area contributed by atoms with Crippen molar-refractivity contribution < 1.29 is 29.0 Å². The molecule has 2 aliphatic rings. The maximum atomic E-state index is 13.5. The first-order chi connectivity index (χ1) is 21.5. The van der Waals surface area contributed by atoms with Crippen LogP contribution in [0.4, 0.5) is 4.79 Å². The van der Waals surface area contributed by atoms with Gasteiger partial charge in [0, 0.05) is 42.8 Å². The second kappa shape index (κ2) is 13.6. The van der Waals surface area contributed by atoms with Gasteiger partial charge >= 0.3 is 12.0 Å². The maximum absolute atomic E-state index is 13.5. The molecule has 45 heavy (non-hydrogen) atoms. The molecule has 3 aromatic rings. The number of thiazole rings is 1. The number of rotatable bonds is 8. The van der Waals surface area contributed by atoms with Gasteiger partial charge in [0.1, 0.15) is 38.8 Å². The fourth-order valence-electron chi connectivity index (χ4n) is 5.32. The molecule has 3 N–H and O–H groups in total. The molecule has 0 spiro atoms. The maximum Gasteiger partial charge on any atom is 0.330 e. The third kappa shape index (κ3) is 7.01. The number of allylic oxidation sites excluding steroid dienone is 1. The summed E-state index contributed by atoms with van der Waals surface area (Å²) in [4.78, 5) is 49.8. The lowest BCUT2D eigenvalue weighted by Gasteiger charge is -2.25. The van der Waals surface area contributed by atoms with Crippen molar-refractivity contribution in [1.29, 1.82) is 0 Å². The molecule has 1 aliphatic carbocycles. The van der Waals surface area contributed by atoms with E-state index in [2.05, 4.69) is 24.5 Å². The molecule has 13 heteroatoms. The molecule has 0 radical (unpaired) electrons. The highest BCUT2D eigenvalue weighted by Gasteiger charge is 2.60. The fourth-order valence-corrected chi connectivity index (χ4v) is 6.55. The highest BCUT2D eigenvalue weighted by atomic mass is 35.5. The van der Waals surface area contributed by atoms with Crippen LogP contribution in [-0.2, 0) is 9.59 Å². The first kappa shape index (κ1) is 32.5. The zero-order valence-corrected chi connectivity index (χ0v) is 27.3. The Balaban J connectivity index is 1.42. The molecule has 1 fully saturated rings. The van der Waals surface area contributed by atoms with Crippen molar-refractivity contribution in [1.82, 2.24) is 25.5 Å². The van der Waals surface area contributed by atoms with E-state index in [1.165, 1.54) is 23.3 Å². The Hall–Kier alpha value is -3.90. The van der Waals surface area contributed by atoms with Crippen LogP contribution in [0.3, 0.4) is 0 Å². The molecule has 0 bridgehead atoms. The quantitative estimate of drug-likeness (QED) is 0.265. The Morgan fingerprint density at radius 2 is 2.04 bits per heavy atom. The first-order valence-electron chi connectivity index (χ1n) is 15.0. The van der Waals surface area contributed by atoms with Gasteiger partial charge in [-0.3, -0.25) is 4.79 Å². The highest BCUT2D eigenvalue weighted by Crippen LogP contribution is 2.45. The van der Waals surface area contributed by atoms with Crippen LogP contribution in [-0.4, -0.2) is 76.8 Å². The Bertz CT molecular complexity index is 1630. The van der Waals surface area contributed by atoms with Crippen LogP contribution in [0.15, 0.2) is 35.7 Å². The average Bonchev–Trinajstić information content (AvgIpc) is 3.47. The summed E-state index contributed by atoms with van der Waals surface area (Å²) in [6, 6.07) is 3.87. The molecule has 1 aliphatic heterocycles. The SMILES string of the molecule is COc1ccc2c(OCCC3NC(=O)N(C)CCCC/C=C/C4CC4(C(=O)O)NC3=O)cc(-c3nc(C(C)C)cs3)nc2c1Cl.